The molecule has 3 rings (SSSR count). The van der Waals surface area contributed by atoms with E-state index in [0.29, 0.717) is 11.3 Å². The Balaban J connectivity index is 1.96. The summed E-state index contributed by atoms with van der Waals surface area (Å²) in [6.45, 7) is 0. The van der Waals surface area contributed by atoms with Gasteiger partial charge in [-0.05, 0) is 18.9 Å². The molecular weight excluding hydrogens is 310 g/mol. The molecule has 0 amide bonds. The second-order valence-electron chi connectivity index (χ2n) is 5.77. The molecule has 23 heavy (non-hydrogen) atoms. The van der Waals surface area contributed by atoms with Crippen molar-refractivity contribution in [1.29, 1.82) is 0 Å². The highest BCUT2D eigenvalue weighted by Gasteiger charge is 2.36. The number of halogens is 4. The van der Waals surface area contributed by atoms with Crippen LogP contribution in [0.5, 0.6) is 0 Å². The van der Waals surface area contributed by atoms with Gasteiger partial charge in [0.1, 0.15) is 11.5 Å². The van der Waals surface area contributed by atoms with Gasteiger partial charge in [-0.1, -0.05) is 0 Å². The number of rotatable bonds is 2. The lowest BCUT2D eigenvalue weighted by Crippen LogP contribution is -2.24. The molecule has 1 saturated carbocycles. The monoisotopic (exact) mass is 325 g/mol. The van der Waals surface area contributed by atoms with Crippen molar-refractivity contribution in [1.82, 2.24) is 9.97 Å². The summed E-state index contributed by atoms with van der Waals surface area (Å²) >= 11 is 0. The number of nitrogens with two attached hydrogens (primary N) is 1. The lowest BCUT2D eigenvalue weighted by molar-refractivity contribution is -0.0384. The molecule has 0 radical (unpaired) electrons. The van der Waals surface area contributed by atoms with E-state index in [1.807, 2.05) is 0 Å². The number of nitrogen functional groups attached to an aromatic ring is 1. The fourth-order valence-electron chi connectivity index (χ4n) is 2.95. The topological polar surface area (TPSA) is 51.8 Å². The molecule has 0 spiro atoms. The van der Waals surface area contributed by atoms with Gasteiger partial charge in [0.2, 0.25) is 5.92 Å². The van der Waals surface area contributed by atoms with E-state index in [4.69, 9.17) is 5.73 Å². The van der Waals surface area contributed by atoms with E-state index in [1.54, 1.807) is 0 Å². The zero-order valence-corrected chi connectivity index (χ0v) is 12.2. The van der Waals surface area contributed by atoms with Gasteiger partial charge in [-0.15, -0.1) is 0 Å². The summed E-state index contributed by atoms with van der Waals surface area (Å²) in [6.07, 6.45) is 2.45. The smallest absolute Gasteiger partial charge is 0.248 e. The molecule has 2 aromatic heterocycles. The first-order valence-corrected chi connectivity index (χ1v) is 7.31. The largest absolute Gasteiger partial charge is 0.397 e. The lowest BCUT2D eigenvalue weighted by atomic mass is 9.83. The van der Waals surface area contributed by atoms with Gasteiger partial charge < -0.3 is 5.73 Å². The quantitative estimate of drug-likeness (QED) is 0.838. The Bertz CT molecular complexity index is 723. The maximum Gasteiger partial charge on any atom is 0.248 e. The molecule has 2 aromatic rings. The third kappa shape index (κ3) is 3.13. The van der Waals surface area contributed by atoms with E-state index in [1.165, 1.54) is 12.3 Å². The summed E-state index contributed by atoms with van der Waals surface area (Å²) < 4.78 is 53.5. The predicted octanol–water partition coefficient (Wildman–Crippen LogP) is 4.30. The maximum absolute atomic E-state index is 13.9. The molecule has 1 fully saturated rings. The fraction of sp³-hybridized carbons (Fsp3) is 0.375. The highest BCUT2D eigenvalue weighted by Crippen LogP contribution is 2.43. The van der Waals surface area contributed by atoms with Crippen molar-refractivity contribution in [3.8, 4) is 11.3 Å². The first-order valence-electron chi connectivity index (χ1n) is 7.31. The Kier molecular flexibility index (Phi) is 3.95. The van der Waals surface area contributed by atoms with Crippen LogP contribution in [0.4, 0.5) is 23.2 Å². The van der Waals surface area contributed by atoms with Crippen molar-refractivity contribution < 1.29 is 17.6 Å². The second-order valence-corrected chi connectivity index (χ2v) is 5.77. The highest BCUT2D eigenvalue weighted by molar-refractivity contribution is 5.75. The van der Waals surface area contributed by atoms with Gasteiger partial charge in [0.25, 0.3) is 0 Å². The van der Waals surface area contributed by atoms with Crippen LogP contribution in [0.1, 0.15) is 37.3 Å². The minimum Gasteiger partial charge on any atom is -0.397 e. The van der Waals surface area contributed by atoms with Crippen LogP contribution in [0.15, 0.2) is 24.5 Å². The standard InChI is InChI=1S/C16H15F4N3/c17-10-7-12(18)15(23-8-10)11-3-6-22-14(13(11)21)9-1-4-16(19,20)5-2-9/h3,6-9H,1-2,4-5,21H2. The molecule has 2 N–H and O–H groups in total. The highest BCUT2D eigenvalue weighted by atomic mass is 19.3. The molecule has 0 saturated heterocycles. The van der Waals surface area contributed by atoms with Crippen LogP contribution in [0.2, 0.25) is 0 Å². The van der Waals surface area contributed by atoms with Gasteiger partial charge in [0.15, 0.2) is 5.82 Å². The van der Waals surface area contributed by atoms with Crippen LogP contribution in [-0.2, 0) is 0 Å². The Morgan fingerprint density at radius 2 is 1.83 bits per heavy atom. The minimum absolute atomic E-state index is 0.0753. The summed E-state index contributed by atoms with van der Waals surface area (Å²) in [5.74, 6) is -4.45. The van der Waals surface area contributed by atoms with Crippen molar-refractivity contribution in [3.63, 3.8) is 0 Å². The summed E-state index contributed by atoms with van der Waals surface area (Å²) in [7, 11) is 0. The Hall–Kier alpha value is -2.18. The van der Waals surface area contributed by atoms with Gasteiger partial charge in [0, 0.05) is 36.6 Å². The van der Waals surface area contributed by atoms with Gasteiger partial charge in [-0.2, -0.15) is 0 Å². The average molecular weight is 325 g/mol. The van der Waals surface area contributed by atoms with Crippen LogP contribution in [0.25, 0.3) is 11.3 Å². The SMILES string of the molecule is Nc1c(-c2ncc(F)cc2F)ccnc1C1CCC(F)(F)CC1. The van der Waals surface area contributed by atoms with Crippen LogP contribution in [0.3, 0.4) is 0 Å². The molecule has 0 aromatic carbocycles. The minimum atomic E-state index is -2.65. The van der Waals surface area contributed by atoms with Crippen LogP contribution in [0, 0.1) is 11.6 Å². The number of hydrogen-bond donors (Lipinski definition) is 1. The number of anilines is 1. The third-order valence-electron chi connectivity index (χ3n) is 4.19. The number of pyridine rings is 2. The van der Waals surface area contributed by atoms with Gasteiger partial charge in [0.05, 0.1) is 17.6 Å². The first-order chi connectivity index (χ1) is 10.9. The Labute approximate surface area is 130 Å². The first kappa shape index (κ1) is 15.7. The molecule has 1 aliphatic carbocycles. The number of alkyl halides is 2. The summed E-state index contributed by atoms with van der Waals surface area (Å²) in [6, 6.07) is 2.21. The molecule has 3 nitrogen and oxygen atoms in total. The number of nitrogens with zero attached hydrogens (tertiary/aromatic N) is 2. The molecule has 2 heterocycles. The van der Waals surface area contributed by atoms with E-state index in [9.17, 15) is 17.6 Å². The molecule has 7 heteroatoms. The third-order valence-corrected chi connectivity index (χ3v) is 4.19. The van der Waals surface area contributed by atoms with E-state index >= 15 is 0 Å². The summed E-state index contributed by atoms with van der Waals surface area (Å²) in [4.78, 5) is 7.93. The second kappa shape index (κ2) is 5.79. The van der Waals surface area contributed by atoms with Gasteiger partial charge in [-0.3, -0.25) is 9.97 Å². The average Bonchev–Trinajstić information content (AvgIpc) is 2.49. The molecule has 1 aliphatic rings. The molecule has 0 unspecified atom stereocenters. The molecule has 0 aliphatic heterocycles. The van der Waals surface area contributed by atoms with E-state index in [-0.39, 0.29) is 43.0 Å². The van der Waals surface area contributed by atoms with Crippen molar-refractivity contribution >= 4 is 5.69 Å². The van der Waals surface area contributed by atoms with Crippen LogP contribution in [-0.4, -0.2) is 15.9 Å². The van der Waals surface area contributed by atoms with Crippen LogP contribution < -0.4 is 5.73 Å². The van der Waals surface area contributed by atoms with Crippen molar-refractivity contribution in [2.75, 3.05) is 5.73 Å². The van der Waals surface area contributed by atoms with Crippen LogP contribution >= 0.6 is 0 Å². The molecule has 122 valence electrons. The summed E-state index contributed by atoms with van der Waals surface area (Å²) in [5.41, 5.74) is 6.98. The molecular formula is C16H15F4N3. The van der Waals surface area contributed by atoms with Crippen molar-refractivity contribution in [2.24, 2.45) is 0 Å². The Morgan fingerprint density at radius 1 is 1.13 bits per heavy atom. The zero-order chi connectivity index (χ0) is 16.6. The fourth-order valence-corrected chi connectivity index (χ4v) is 2.95. The Morgan fingerprint density at radius 3 is 2.48 bits per heavy atom. The van der Waals surface area contributed by atoms with E-state index in [2.05, 4.69) is 9.97 Å². The van der Waals surface area contributed by atoms with Gasteiger partial charge >= 0.3 is 0 Å². The molecule has 0 atom stereocenters. The lowest BCUT2D eigenvalue weighted by Gasteiger charge is -2.28. The normalized spacial score (nSPS) is 18.1. The van der Waals surface area contributed by atoms with Gasteiger partial charge in [-0.25, -0.2) is 17.6 Å². The molecule has 0 bridgehead atoms. The maximum atomic E-state index is 13.9. The number of hydrogen-bond acceptors (Lipinski definition) is 3. The van der Waals surface area contributed by atoms with Crippen molar-refractivity contribution in [3.05, 3.63) is 41.9 Å². The van der Waals surface area contributed by atoms with E-state index < -0.39 is 17.6 Å². The summed E-state index contributed by atoms with van der Waals surface area (Å²) in [5, 5.41) is 0. The number of aromatic nitrogens is 2. The van der Waals surface area contributed by atoms with Crippen molar-refractivity contribution in [2.45, 2.75) is 37.5 Å². The zero-order valence-electron chi connectivity index (χ0n) is 12.2. The predicted molar refractivity (Wildman–Crippen MR) is 78.0 cm³/mol. The van der Waals surface area contributed by atoms with E-state index in [0.717, 1.165) is 12.3 Å².